The van der Waals surface area contributed by atoms with Crippen molar-refractivity contribution in [1.29, 1.82) is 0 Å². The number of hydrogen-bond donors (Lipinski definition) is 1. The van der Waals surface area contributed by atoms with E-state index in [4.69, 9.17) is 0 Å². The summed E-state index contributed by atoms with van der Waals surface area (Å²) >= 11 is 0. The average Bonchev–Trinajstić information content (AvgIpc) is 3.00. The molecule has 0 fully saturated rings. The van der Waals surface area contributed by atoms with Gasteiger partial charge in [-0.05, 0) is 36.8 Å². The molecule has 1 aliphatic heterocycles. The lowest BCUT2D eigenvalue weighted by Crippen LogP contribution is -2.03. The normalized spacial score (nSPS) is 13.6. The Hall–Kier alpha value is -2.62. The molecule has 0 saturated carbocycles. The number of hydrogen-bond acceptors (Lipinski definition) is 2. The Morgan fingerprint density at radius 1 is 1.25 bits per heavy atom. The van der Waals surface area contributed by atoms with Gasteiger partial charge in [0.2, 0.25) is 5.91 Å². The Labute approximate surface area is 116 Å². The Bertz CT molecular complexity index is 848. The van der Waals surface area contributed by atoms with Gasteiger partial charge in [-0.2, -0.15) is 0 Å². The third-order valence-corrected chi connectivity index (χ3v) is 3.72. The number of aryl methyl sites for hydroxylation is 1. The highest BCUT2D eigenvalue weighted by molar-refractivity contribution is 5.99. The van der Waals surface area contributed by atoms with Crippen LogP contribution in [0.15, 0.2) is 42.6 Å². The van der Waals surface area contributed by atoms with Gasteiger partial charge in [0.1, 0.15) is 5.65 Å². The van der Waals surface area contributed by atoms with Crippen LogP contribution in [0.25, 0.3) is 16.9 Å². The first-order valence-electron chi connectivity index (χ1n) is 6.58. The summed E-state index contributed by atoms with van der Waals surface area (Å²) in [5.41, 5.74) is 6.03. The monoisotopic (exact) mass is 263 g/mol. The second kappa shape index (κ2) is 3.93. The van der Waals surface area contributed by atoms with Gasteiger partial charge in [-0.15, -0.1) is 0 Å². The number of nitrogens with zero attached hydrogens (tertiary/aromatic N) is 2. The van der Waals surface area contributed by atoms with E-state index in [1.807, 2.05) is 36.5 Å². The van der Waals surface area contributed by atoms with Gasteiger partial charge in [0.05, 0.1) is 12.1 Å². The van der Waals surface area contributed by atoms with Crippen LogP contribution in [0.5, 0.6) is 0 Å². The van der Waals surface area contributed by atoms with Crippen LogP contribution in [0.3, 0.4) is 0 Å². The molecule has 0 unspecified atom stereocenters. The summed E-state index contributed by atoms with van der Waals surface area (Å²) in [7, 11) is 0. The number of amides is 1. The molecule has 98 valence electrons. The summed E-state index contributed by atoms with van der Waals surface area (Å²) in [5, 5.41) is 2.85. The van der Waals surface area contributed by atoms with Crippen LogP contribution in [0.1, 0.15) is 11.3 Å². The lowest BCUT2D eigenvalue weighted by molar-refractivity contribution is -0.115. The lowest BCUT2D eigenvalue weighted by atomic mass is 10.1. The van der Waals surface area contributed by atoms with Crippen molar-refractivity contribution in [1.82, 2.24) is 9.38 Å². The van der Waals surface area contributed by atoms with E-state index in [1.165, 1.54) is 0 Å². The maximum atomic E-state index is 11.4. The molecule has 1 N–H and O–H groups in total. The second-order valence-electron chi connectivity index (χ2n) is 5.12. The Morgan fingerprint density at radius 2 is 2.15 bits per heavy atom. The molecule has 0 saturated heterocycles. The number of pyridine rings is 1. The molecular formula is C16H13N3O. The van der Waals surface area contributed by atoms with E-state index < -0.39 is 0 Å². The zero-order valence-corrected chi connectivity index (χ0v) is 11.1. The first-order valence-corrected chi connectivity index (χ1v) is 6.58. The number of imidazole rings is 1. The first-order chi connectivity index (χ1) is 9.70. The number of rotatable bonds is 1. The molecule has 0 bridgehead atoms. The minimum atomic E-state index is 0.0583. The van der Waals surface area contributed by atoms with E-state index in [9.17, 15) is 4.79 Å². The molecule has 1 amide bonds. The molecule has 0 atom stereocenters. The zero-order chi connectivity index (χ0) is 13.7. The highest BCUT2D eigenvalue weighted by Gasteiger charge is 2.18. The standard InChI is InChI=1S/C16H13N3O/c1-10-3-2-4-15-17-14(9-19(10)15)11-5-6-13-12(7-11)8-16(20)18-13/h2-7,9H,8H2,1H3,(H,18,20). The predicted molar refractivity (Wildman–Crippen MR) is 77.7 cm³/mol. The van der Waals surface area contributed by atoms with E-state index in [0.717, 1.165) is 33.8 Å². The quantitative estimate of drug-likeness (QED) is 0.733. The fourth-order valence-corrected chi connectivity index (χ4v) is 2.68. The van der Waals surface area contributed by atoms with Crippen molar-refractivity contribution in [2.24, 2.45) is 0 Å². The van der Waals surface area contributed by atoms with Gasteiger partial charge < -0.3 is 9.72 Å². The SMILES string of the molecule is Cc1cccc2nc(-c3ccc4c(c3)CC(=O)N4)cn12. The maximum Gasteiger partial charge on any atom is 0.228 e. The summed E-state index contributed by atoms with van der Waals surface area (Å²) in [4.78, 5) is 16.0. The van der Waals surface area contributed by atoms with E-state index in [1.54, 1.807) is 0 Å². The Balaban J connectivity index is 1.86. The van der Waals surface area contributed by atoms with E-state index in [0.29, 0.717) is 6.42 Å². The van der Waals surface area contributed by atoms with Gasteiger partial charge in [0.15, 0.2) is 0 Å². The minimum absolute atomic E-state index is 0.0583. The molecule has 1 aliphatic rings. The van der Waals surface area contributed by atoms with Gasteiger partial charge >= 0.3 is 0 Å². The summed E-state index contributed by atoms with van der Waals surface area (Å²) in [6.45, 7) is 2.06. The van der Waals surface area contributed by atoms with Gasteiger partial charge in [0.25, 0.3) is 0 Å². The molecule has 3 aromatic rings. The topological polar surface area (TPSA) is 46.4 Å². The van der Waals surface area contributed by atoms with E-state index >= 15 is 0 Å². The van der Waals surface area contributed by atoms with Crippen LogP contribution in [-0.4, -0.2) is 15.3 Å². The third-order valence-electron chi connectivity index (χ3n) is 3.72. The molecule has 20 heavy (non-hydrogen) atoms. The summed E-state index contributed by atoms with van der Waals surface area (Å²) in [6.07, 6.45) is 2.49. The van der Waals surface area contributed by atoms with Gasteiger partial charge in [-0.3, -0.25) is 4.79 Å². The average molecular weight is 263 g/mol. The third kappa shape index (κ3) is 1.61. The molecule has 4 nitrogen and oxygen atoms in total. The fraction of sp³-hybridized carbons (Fsp3) is 0.125. The van der Waals surface area contributed by atoms with E-state index in [-0.39, 0.29) is 5.91 Å². The largest absolute Gasteiger partial charge is 0.326 e. The van der Waals surface area contributed by atoms with Crippen molar-refractivity contribution < 1.29 is 4.79 Å². The first kappa shape index (κ1) is 11.2. The van der Waals surface area contributed by atoms with Crippen molar-refractivity contribution in [2.75, 3.05) is 5.32 Å². The molecule has 0 spiro atoms. The summed E-state index contributed by atoms with van der Waals surface area (Å²) < 4.78 is 2.08. The summed E-state index contributed by atoms with van der Waals surface area (Å²) in [6, 6.07) is 12.1. The van der Waals surface area contributed by atoms with Gasteiger partial charge in [-0.25, -0.2) is 4.98 Å². The molecule has 0 aliphatic carbocycles. The molecule has 4 rings (SSSR count). The number of benzene rings is 1. The molecule has 4 heteroatoms. The molecule has 0 radical (unpaired) electrons. The van der Waals surface area contributed by atoms with E-state index in [2.05, 4.69) is 27.7 Å². The number of fused-ring (bicyclic) bond motifs is 2. The van der Waals surface area contributed by atoms with Crippen molar-refractivity contribution in [3.05, 3.63) is 53.9 Å². The molecule has 3 heterocycles. The molecular weight excluding hydrogens is 250 g/mol. The highest BCUT2D eigenvalue weighted by Crippen LogP contribution is 2.28. The van der Waals surface area contributed by atoms with Crippen molar-refractivity contribution >= 4 is 17.2 Å². The van der Waals surface area contributed by atoms with Crippen LogP contribution >= 0.6 is 0 Å². The predicted octanol–water partition coefficient (Wildman–Crippen LogP) is 2.80. The number of carbonyl (C=O) groups is 1. The van der Waals surface area contributed by atoms with Crippen molar-refractivity contribution in [3.63, 3.8) is 0 Å². The van der Waals surface area contributed by atoms with Crippen molar-refractivity contribution in [3.8, 4) is 11.3 Å². The van der Waals surface area contributed by atoms with Crippen LogP contribution in [0.4, 0.5) is 5.69 Å². The number of carbonyl (C=O) groups excluding carboxylic acids is 1. The Kier molecular flexibility index (Phi) is 2.21. The number of aromatic nitrogens is 2. The van der Waals surface area contributed by atoms with Crippen molar-refractivity contribution in [2.45, 2.75) is 13.3 Å². The Morgan fingerprint density at radius 3 is 3.00 bits per heavy atom. The van der Waals surface area contributed by atoms with Crippen LogP contribution in [-0.2, 0) is 11.2 Å². The van der Waals surface area contributed by atoms with Gasteiger partial charge in [-0.1, -0.05) is 12.1 Å². The zero-order valence-electron chi connectivity index (χ0n) is 11.1. The molecule has 2 aromatic heterocycles. The maximum absolute atomic E-state index is 11.4. The second-order valence-corrected chi connectivity index (χ2v) is 5.12. The summed E-state index contributed by atoms with van der Waals surface area (Å²) in [5.74, 6) is 0.0583. The molecule has 1 aromatic carbocycles. The lowest BCUT2D eigenvalue weighted by Gasteiger charge is -2.01. The van der Waals surface area contributed by atoms with Crippen LogP contribution < -0.4 is 5.32 Å². The fourth-order valence-electron chi connectivity index (χ4n) is 2.68. The smallest absolute Gasteiger partial charge is 0.228 e. The highest BCUT2D eigenvalue weighted by atomic mass is 16.1. The van der Waals surface area contributed by atoms with Gasteiger partial charge in [0, 0.05) is 23.1 Å². The number of anilines is 1. The minimum Gasteiger partial charge on any atom is -0.326 e. The van der Waals surface area contributed by atoms with Crippen LogP contribution in [0, 0.1) is 6.92 Å². The van der Waals surface area contributed by atoms with Crippen LogP contribution in [0.2, 0.25) is 0 Å². The number of nitrogens with one attached hydrogen (secondary N) is 1.